The molecule has 0 radical (unpaired) electrons. The van der Waals surface area contributed by atoms with E-state index in [0.717, 1.165) is 44.7 Å². The zero-order valence-electron chi connectivity index (χ0n) is 15.2. The zero-order chi connectivity index (χ0) is 16.7. The van der Waals surface area contributed by atoms with E-state index in [9.17, 15) is 4.79 Å². The predicted octanol–water partition coefficient (Wildman–Crippen LogP) is 1.44. The second-order valence-electron chi connectivity index (χ2n) is 6.01. The summed E-state index contributed by atoms with van der Waals surface area (Å²) in [5, 5.41) is 3.46. The van der Waals surface area contributed by atoms with Crippen molar-refractivity contribution in [2.24, 2.45) is 4.99 Å². The highest BCUT2D eigenvalue weighted by Gasteiger charge is 2.27. The van der Waals surface area contributed by atoms with E-state index in [1.807, 2.05) is 14.0 Å². The standard InChI is InChI=1S/C16H31N5O2.HI/c1-4-19(14-6-7-14)9-8-18-15(17-3)20-10-12-21(13-11-20)16(22)23-5-2;/h14H,4-13H2,1-3H3,(H,17,18);1H. The molecule has 0 aromatic heterocycles. The summed E-state index contributed by atoms with van der Waals surface area (Å²) >= 11 is 0. The van der Waals surface area contributed by atoms with Gasteiger partial charge in [0.05, 0.1) is 6.61 Å². The minimum atomic E-state index is -0.210. The van der Waals surface area contributed by atoms with Gasteiger partial charge in [0.2, 0.25) is 0 Å². The molecule has 2 rings (SSSR count). The highest BCUT2D eigenvalue weighted by atomic mass is 127. The number of carbonyl (C=O) groups excluding carboxylic acids is 1. The van der Waals surface area contributed by atoms with Crippen molar-refractivity contribution in [2.45, 2.75) is 32.7 Å². The summed E-state index contributed by atoms with van der Waals surface area (Å²) in [6.07, 6.45) is 2.48. The summed E-state index contributed by atoms with van der Waals surface area (Å²) in [6, 6.07) is 0.803. The Hall–Kier alpha value is -0.770. The minimum absolute atomic E-state index is 0. The van der Waals surface area contributed by atoms with Crippen molar-refractivity contribution in [1.82, 2.24) is 20.0 Å². The maximum absolute atomic E-state index is 11.7. The molecule has 24 heavy (non-hydrogen) atoms. The third-order valence-corrected chi connectivity index (χ3v) is 4.47. The molecule has 0 aromatic rings. The molecule has 1 amide bonds. The lowest BCUT2D eigenvalue weighted by atomic mass is 10.3. The Morgan fingerprint density at radius 2 is 1.83 bits per heavy atom. The topological polar surface area (TPSA) is 60.4 Å². The van der Waals surface area contributed by atoms with Gasteiger partial charge < -0.3 is 19.9 Å². The van der Waals surface area contributed by atoms with E-state index < -0.39 is 0 Å². The predicted molar refractivity (Wildman–Crippen MR) is 107 cm³/mol. The Kier molecular flexibility index (Phi) is 9.72. The highest BCUT2D eigenvalue weighted by Crippen LogP contribution is 2.25. The van der Waals surface area contributed by atoms with E-state index in [4.69, 9.17) is 4.74 Å². The molecule has 8 heteroatoms. The van der Waals surface area contributed by atoms with Crippen LogP contribution >= 0.6 is 24.0 Å². The largest absolute Gasteiger partial charge is 0.450 e. The van der Waals surface area contributed by atoms with Crippen LogP contribution in [-0.4, -0.2) is 92.3 Å². The fraction of sp³-hybridized carbons (Fsp3) is 0.875. The summed E-state index contributed by atoms with van der Waals surface area (Å²) in [6.45, 7) is 10.5. The van der Waals surface area contributed by atoms with E-state index in [-0.39, 0.29) is 30.1 Å². The number of carbonyl (C=O) groups is 1. The number of piperazine rings is 1. The zero-order valence-corrected chi connectivity index (χ0v) is 17.5. The summed E-state index contributed by atoms with van der Waals surface area (Å²) in [5.74, 6) is 0.931. The van der Waals surface area contributed by atoms with Crippen LogP contribution in [0.5, 0.6) is 0 Å². The van der Waals surface area contributed by atoms with Gasteiger partial charge >= 0.3 is 6.09 Å². The molecule has 0 aromatic carbocycles. The number of aliphatic imine (C=N–C) groups is 1. The molecule has 1 N–H and O–H groups in total. The number of nitrogens with zero attached hydrogens (tertiary/aromatic N) is 4. The number of hydrogen-bond donors (Lipinski definition) is 1. The minimum Gasteiger partial charge on any atom is -0.450 e. The summed E-state index contributed by atoms with van der Waals surface area (Å²) < 4.78 is 5.05. The van der Waals surface area contributed by atoms with Crippen molar-refractivity contribution in [3.8, 4) is 0 Å². The molecule has 140 valence electrons. The molecule has 7 nitrogen and oxygen atoms in total. The first-order valence-electron chi connectivity index (χ1n) is 8.80. The summed E-state index contributed by atoms with van der Waals surface area (Å²) in [7, 11) is 1.82. The maximum Gasteiger partial charge on any atom is 0.409 e. The average molecular weight is 453 g/mol. The van der Waals surface area contributed by atoms with Crippen LogP contribution < -0.4 is 5.32 Å². The second kappa shape index (κ2) is 11.0. The third kappa shape index (κ3) is 6.27. The molecule has 1 saturated carbocycles. The van der Waals surface area contributed by atoms with Crippen LogP contribution in [0.1, 0.15) is 26.7 Å². The summed E-state index contributed by atoms with van der Waals surface area (Å²) in [5.41, 5.74) is 0. The maximum atomic E-state index is 11.7. The molecule has 2 fully saturated rings. The van der Waals surface area contributed by atoms with E-state index in [0.29, 0.717) is 19.7 Å². The Bertz CT molecular complexity index is 409. The first-order chi connectivity index (χ1) is 11.2. The van der Waals surface area contributed by atoms with Gasteiger partial charge in [-0.1, -0.05) is 6.92 Å². The molecule has 1 saturated heterocycles. The molecular weight excluding hydrogens is 421 g/mol. The molecule has 1 aliphatic heterocycles. The van der Waals surface area contributed by atoms with Crippen molar-refractivity contribution in [1.29, 1.82) is 0 Å². The van der Waals surface area contributed by atoms with Gasteiger partial charge in [0.25, 0.3) is 0 Å². The van der Waals surface area contributed by atoms with Crippen LogP contribution in [-0.2, 0) is 4.74 Å². The van der Waals surface area contributed by atoms with E-state index in [1.54, 1.807) is 4.90 Å². The number of rotatable bonds is 6. The number of amides is 1. The lowest BCUT2D eigenvalue weighted by molar-refractivity contribution is 0.0914. The SMILES string of the molecule is CCOC(=O)N1CCN(C(=NC)NCCN(CC)C2CC2)CC1.I. The van der Waals surface area contributed by atoms with E-state index in [1.165, 1.54) is 12.8 Å². The molecule has 0 atom stereocenters. The molecular formula is C16H32IN5O2. The van der Waals surface area contributed by atoms with Gasteiger partial charge in [-0.3, -0.25) is 9.89 Å². The Balaban J connectivity index is 0.00000288. The van der Waals surface area contributed by atoms with Gasteiger partial charge in [-0.2, -0.15) is 0 Å². The number of halogens is 1. The smallest absolute Gasteiger partial charge is 0.409 e. The lowest BCUT2D eigenvalue weighted by Crippen LogP contribution is -2.54. The van der Waals surface area contributed by atoms with Crippen molar-refractivity contribution in [3.05, 3.63) is 0 Å². The molecule has 2 aliphatic rings. The second-order valence-corrected chi connectivity index (χ2v) is 6.01. The quantitative estimate of drug-likeness (QED) is 0.375. The van der Waals surface area contributed by atoms with Crippen molar-refractivity contribution in [3.63, 3.8) is 0 Å². The molecule has 0 spiro atoms. The molecule has 0 bridgehead atoms. The van der Waals surface area contributed by atoms with Gasteiger partial charge in [-0.25, -0.2) is 4.79 Å². The van der Waals surface area contributed by atoms with Crippen molar-refractivity contribution >= 4 is 36.0 Å². The highest BCUT2D eigenvalue weighted by molar-refractivity contribution is 14.0. The Morgan fingerprint density at radius 1 is 1.21 bits per heavy atom. The fourth-order valence-corrected chi connectivity index (χ4v) is 3.00. The summed E-state index contributed by atoms with van der Waals surface area (Å²) in [4.78, 5) is 22.6. The van der Waals surface area contributed by atoms with Crippen LogP contribution in [0.4, 0.5) is 4.79 Å². The van der Waals surface area contributed by atoms with Gasteiger partial charge in [0.1, 0.15) is 0 Å². The number of likely N-dealkylation sites (N-methyl/N-ethyl adjacent to an activating group) is 1. The van der Waals surface area contributed by atoms with Crippen molar-refractivity contribution in [2.75, 3.05) is 59.5 Å². The number of ether oxygens (including phenoxy) is 1. The van der Waals surface area contributed by atoms with E-state index >= 15 is 0 Å². The van der Waals surface area contributed by atoms with Gasteiger partial charge in [-0.05, 0) is 26.3 Å². The lowest BCUT2D eigenvalue weighted by Gasteiger charge is -2.36. The molecule has 0 unspecified atom stereocenters. The third-order valence-electron chi connectivity index (χ3n) is 4.47. The Morgan fingerprint density at radius 3 is 2.33 bits per heavy atom. The monoisotopic (exact) mass is 453 g/mol. The molecule has 1 heterocycles. The van der Waals surface area contributed by atoms with Crippen LogP contribution in [0.25, 0.3) is 0 Å². The van der Waals surface area contributed by atoms with Crippen LogP contribution in [0.15, 0.2) is 4.99 Å². The van der Waals surface area contributed by atoms with E-state index in [2.05, 4.69) is 27.0 Å². The van der Waals surface area contributed by atoms with Gasteiger partial charge in [-0.15, -0.1) is 24.0 Å². The number of hydrogen-bond acceptors (Lipinski definition) is 4. The van der Waals surface area contributed by atoms with Crippen LogP contribution in [0.3, 0.4) is 0 Å². The number of nitrogens with one attached hydrogen (secondary N) is 1. The number of guanidine groups is 1. The van der Waals surface area contributed by atoms with Gasteiger partial charge in [0.15, 0.2) is 5.96 Å². The fourth-order valence-electron chi connectivity index (χ4n) is 3.00. The molecule has 1 aliphatic carbocycles. The van der Waals surface area contributed by atoms with Crippen LogP contribution in [0.2, 0.25) is 0 Å². The average Bonchev–Trinajstić information content (AvgIpc) is 3.40. The first kappa shape index (κ1) is 21.3. The first-order valence-corrected chi connectivity index (χ1v) is 8.80. The van der Waals surface area contributed by atoms with Crippen LogP contribution in [0, 0.1) is 0 Å². The van der Waals surface area contributed by atoms with Gasteiger partial charge in [0, 0.05) is 52.4 Å². The normalized spacial score (nSPS) is 18.4. The van der Waals surface area contributed by atoms with Crippen molar-refractivity contribution < 1.29 is 9.53 Å². The Labute approximate surface area is 162 Å².